The summed E-state index contributed by atoms with van der Waals surface area (Å²) in [5.41, 5.74) is 2.02. The molecule has 0 saturated heterocycles. The van der Waals surface area contributed by atoms with E-state index in [2.05, 4.69) is 10.3 Å². The van der Waals surface area contributed by atoms with Crippen molar-refractivity contribution in [2.24, 2.45) is 0 Å². The Morgan fingerprint density at radius 3 is 2.74 bits per heavy atom. The van der Waals surface area contributed by atoms with Gasteiger partial charge in [0.15, 0.2) is 0 Å². The molecule has 2 rings (SSSR count). The molecule has 0 unspecified atom stereocenters. The normalized spacial score (nSPS) is 10.2. The lowest BCUT2D eigenvalue weighted by molar-refractivity contribution is 0.0696. The highest BCUT2D eigenvalue weighted by atomic mass is 19.1. The summed E-state index contributed by atoms with van der Waals surface area (Å²) in [4.78, 5) is 14.7. The number of carboxylic acid groups (broad SMARTS) is 1. The Hall–Kier alpha value is -2.43. The first-order chi connectivity index (χ1) is 9.06. The van der Waals surface area contributed by atoms with E-state index in [1.807, 2.05) is 13.0 Å². The number of hydrogen-bond acceptors (Lipinski definition) is 3. The molecule has 5 heteroatoms. The largest absolute Gasteiger partial charge is 0.478 e. The molecule has 0 fully saturated rings. The quantitative estimate of drug-likeness (QED) is 0.887. The van der Waals surface area contributed by atoms with Gasteiger partial charge in [-0.3, -0.25) is 4.98 Å². The van der Waals surface area contributed by atoms with Gasteiger partial charge < -0.3 is 10.4 Å². The average Bonchev–Trinajstić information content (AvgIpc) is 2.38. The van der Waals surface area contributed by atoms with E-state index in [4.69, 9.17) is 5.11 Å². The van der Waals surface area contributed by atoms with Crippen molar-refractivity contribution in [3.63, 3.8) is 0 Å². The van der Waals surface area contributed by atoms with Gasteiger partial charge in [0.1, 0.15) is 5.82 Å². The monoisotopic (exact) mass is 260 g/mol. The van der Waals surface area contributed by atoms with Crippen LogP contribution in [0.2, 0.25) is 0 Å². The minimum Gasteiger partial charge on any atom is -0.478 e. The molecule has 0 aliphatic carbocycles. The Bertz CT molecular complexity index is 597. The molecule has 1 heterocycles. The van der Waals surface area contributed by atoms with Gasteiger partial charge in [-0.05, 0) is 36.8 Å². The third-order valence-electron chi connectivity index (χ3n) is 2.66. The van der Waals surface area contributed by atoms with E-state index in [9.17, 15) is 9.18 Å². The van der Waals surface area contributed by atoms with Crippen LogP contribution in [0.3, 0.4) is 0 Å². The van der Waals surface area contributed by atoms with E-state index in [0.29, 0.717) is 17.9 Å². The maximum atomic E-state index is 13.6. The molecule has 0 aliphatic heterocycles. The van der Waals surface area contributed by atoms with Crippen LogP contribution in [0.25, 0.3) is 0 Å². The summed E-state index contributed by atoms with van der Waals surface area (Å²) in [6, 6.07) is 7.99. The molecule has 19 heavy (non-hydrogen) atoms. The first-order valence-corrected chi connectivity index (χ1v) is 5.74. The van der Waals surface area contributed by atoms with E-state index >= 15 is 0 Å². The maximum Gasteiger partial charge on any atom is 0.337 e. The second kappa shape index (κ2) is 5.48. The minimum absolute atomic E-state index is 0.130. The lowest BCUT2D eigenvalue weighted by atomic mass is 10.2. The number of rotatable bonds is 4. The number of nitrogens with zero attached hydrogens (tertiary/aromatic N) is 1. The molecule has 0 spiro atoms. The third kappa shape index (κ3) is 3.28. The predicted molar refractivity (Wildman–Crippen MR) is 69.7 cm³/mol. The fourth-order valence-electron chi connectivity index (χ4n) is 1.60. The number of aromatic nitrogens is 1. The molecular formula is C14H13FN2O2. The maximum absolute atomic E-state index is 13.6. The van der Waals surface area contributed by atoms with Gasteiger partial charge in [-0.25, -0.2) is 9.18 Å². The van der Waals surface area contributed by atoms with Crippen LogP contribution in [0, 0.1) is 12.7 Å². The van der Waals surface area contributed by atoms with E-state index in [1.165, 1.54) is 18.3 Å². The standard InChI is InChI=1S/C14H13FN2O2/c1-9-2-5-13(12(15)6-9)17-8-11-4-3-10(7-16-11)14(18)19/h2-7,17H,8H2,1H3,(H,18,19). The van der Waals surface area contributed by atoms with Crippen LogP contribution in [0.4, 0.5) is 10.1 Å². The predicted octanol–water partition coefficient (Wildman–Crippen LogP) is 2.84. The van der Waals surface area contributed by atoms with Gasteiger partial charge in [0.25, 0.3) is 0 Å². The lowest BCUT2D eigenvalue weighted by Gasteiger charge is -2.07. The van der Waals surface area contributed by atoms with Gasteiger partial charge in [0, 0.05) is 6.20 Å². The number of halogens is 1. The number of pyridine rings is 1. The molecule has 98 valence electrons. The highest BCUT2D eigenvalue weighted by Crippen LogP contribution is 2.16. The van der Waals surface area contributed by atoms with Gasteiger partial charge >= 0.3 is 5.97 Å². The molecule has 0 saturated carbocycles. The number of benzene rings is 1. The zero-order chi connectivity index (χ0) is 13.8. The van der Waals surface area contributed by atoms with Crippen molar-refractivity contribution in [3.05, 3.63) is 59.2 Å². The summed E-state index contributed by atoms with van der Waals surface area (Å²) in [7, 11) is 0. The zero-order valence-corrected chi connectivity index (χ0v) is 10.4. The van der Waals surface area contributed by atoms with Crippen molar-refractivity contribution in [1.82, 2.24) is 4.98 Å². The minimum atomic E-state index is -1.02. The average molecular weight is 260 g/mol. The number of anilines is 1. The van der Waals surface area contributed by atoms with Crippen LogP contribution in [0.5, 0.6) is 0 Å². The molecule has 0 atom stereocenters. The fourth-order valence-corrected chi connectivity index (χ4v) is 1.60. The van der Waals surface area contributed by atoms with Crippen LogP contribution < -0.4 is 5.32 Å². The van der Waals surface area contributed by atoms with Gasteiger partial charge in [-0.15, -0.1) is 0 Å². The number of aromatic carboxylic acids is 1. The lowest BCUT2D eigenvalue weighted by Crippen LogP contribution is -2.05. The Kier molecular flexibility index (Phi) is 3.75. The van der Waals surface area contributed by atoms with Crippen LogP contribution in [-0.2, 0) is 6.54 Å². The fraction of sp³-hybridized carbons (Fsp3) is 0.143. The number of hydrogen-bond donors (Lipinski definition) is 2. The van der Waals surface area contributed by atoms with Crippen LogP contribution in [-0.4, -0.2) is 16.1 Å². The molecule has 0 radical (unpaired) electrons. The first kappa shape index (κ1) is 13.0. The Labute approximate surface area is 109 Å². The number of carboxylic acids is 1. The first-order valence-electron chi connectivity index (χ1n) is 5.74. The Balaban J connectivity index is 2.04. The summed E-state index contributed by atoms with van der Waals surface area (Å²) in [5.74, 6) is -1.33. The second-order valence-electron chi connectivity index (χ2n) is 4.18. The second-order valence-corrected chi connectivity index (χ2v) is 4.18. The number of aryl methyl sites for hydroxylation is 1. The molecule has 4 nitrogen and oxygen atoms in total. The molecule has 1 aromatic heterocycles. The van der Waals surface area contributed by atoms with Gasteiger partial charge in [-0.1, -0.05) is 6.07 Å². The van der Waals surface area contributed by atoms with Crippen LogP contribution >= 0.6 is 0 Å². The van der Waals surface area contributed by atoms with E-state index in [-0.39, 0.29) is 11.4 Å². The Morgan fingerprint density at radius 2 is 2.16 bits per heavy atom. The van der Waals surface area contributed by atoms with Crippen molar-refractivity contribution in [1.29, 1.82) is 0 Å². The highest BCUT2D eigenvalue weighted by molar-refractivity contribution is 5.87. The molecule has 2 aromatic rings. The third-order valence-corrected chi connectivity index (χ3v) is 2.66. The molecule has 0 bridgehead atoms. The highest BCUT2D eigenvalue weighted by Gasteiger charge is 2.04. The SMILES string of the molecule is Cc1ccc(NCc2ccc(C(=O)O)cn2)c(F)c1. The van der Waals surface area contributed by atoms with Gasteiger partial charge in [0.2, 0.25) is 0 Å². The molecule has 0 amide bonds. The van der Waals surface area contributed by atoms with Crippen molar-refractivity contribution >= 4 is 11.7 Å². The summed E-state index contributed by atoms with van der Waals surface area (Å²) in [6.07, 6.45) is 1.28. The van der Waals surface area contributed by atoms with Crippen LogP contribution in [0.15, 0.2) is 36.5 Å². The smallest absolute Gasteiger partial charge is 0.337 e. The van der Waals surface area contributed by atoms with E-state index < -0.39 is 5.97 Å². The van der Waals surface area contributed by atoms with Crippen LogP contribution in [0.1, 0.15) is 21.6 Å². The van der Waals surface area contributed by atoms with E-state index in [1.54, 1.807) is 12.1 Å². The molecule has 1 aromatic carbocycles. The van der Waals surface area contributed by atoms with Crippen molar-refractivity contribution in [3.8, 4) is 0 Å². The summed E-state index contributed by atoms with van der Waals surface area (Å²) >= 11 is 0. The van der Waals surface area contributed by atoms with Gasteiger partial charge in [-0.2, -0.15) is 0 Å². The Morgan fingerprint density at radius 1 is 1.37 bits per heavy atom. The van der Waals surface area contributed by atoms with Crippen molar-refractivity contribution in [2.45, 2.75) is 13.5 Å². The zero-order valence-electron chi connectivity index (χ0n) is 10.4. The molecule has 2 N–H and O–H groups in total. The van der Waals surface area contributed by atoms with E-state index in [0.717, 1.165) is 5.56 Å². The van der Waals surface area contributed by atoms with Crippen molar-refractivity contribution in [2.75, 3.05) is 5.32 Å². The number of carbonyl (C=O) groups is 1. The molecule has 0 aliphatic rings. The van der Waals surface area contributed by atoms with Crippen molar-refractivity contribution < 1.29 is 14.3 Å². The number of nitrogens with one attached hydrogen (secondary N) is 1. The topological polar surface area (TPSA) is 62.2 Å². The van der Waals surface area contributed by atoms with Gasteiger partial charge in [0.05, 0.1) is 23.5 Å². The summed E-state index contributed by atoms with van der Waals surface area (Å²) in [5, 5.41) is 11.7. The summed E-state index contributed by atoms with van der Waals surface area (Å²) < 4.78 is 13.6. The summed E-state index contributed by atoms with van der Waals surface area (Å²) in [6.45, 7) is 2.15. The molecular weight excluding hydrogens is 247 g/mol.